The molecule has 2 saturated carbocycles. The summed E-state index contributed by atoms with van der Waals surface area (Å²) in [4.78, 5) is 37.1. The molecule has 4 bridgehead atoms. The molecule has 5 atom stereocenters. The summed E-state index contributed by atoms with van der Waals surface area (Å²) in [5.74, 6) is -0.441. The second-order valence-electron chi connectivity index (χ2n) is 11.8. The molecular formula is C25H40O7. The van der Waals surface area contributed by atoms with Crippen molar-refractivity contribution in [3.05, 3.63) is 0 Å². The molecule has 0 aromatic carbocycles. The van der Waals surface area contributed by atoms with Crippen molar-refractivity contribution >= 4 is 17.9 Å². The Kier molecular flexibility index (Phi) is 7.28. The number of hydrogen-bond acceptors (Lipinski definition) is 7. The maximum atomic E-state index is 12.7. The number of esters is 3. The van der Waals surface area contributed by atoms with E-state index in [1.807, 2.05) is 20.8 Å². The van der Waals surface area contributed by atoms with Crippen LogP contribution in [0.25, 0.3) is 0 Å². The Bertz CT molecular complexity index is 724. The maximum Gasteiger partial charge on any atom is 0.332 e. The molecule has 2 aliphatic carbocycles. The molecule has 4 fully saturated rings. The fraction of sp³-hybridized carbons (Fsp3) is 0.880. The number of hydrogen-bond donors (Lipinski definition) is 0. The predicted octanol–water partition coefficient (Wildman–Crippen LogP) is 4.06. The fourth-order valence-electron chi connectivity index (χ4n) is 5.87. The van der Waals surface area contributed by atoms with E-state index < -0.39 is 17.0 Å². The van der Waals surface area contributed by atoms with Gasteiger partial charge in [-0.15, -0.1) is 0 Å². The summed E-state index contributed by atoms with van der Waals surface area (Å²) >= 11 is 0. The summed E-state index contributed by atoms with van der Waals surface area (Å²) in [5.41, 5.74) is -1.07. The van der Waals surface area contributed by atoms with Gasteiger partial charge in [-0.1, -0.05) is 34.6 Å². The Hall–Kier alpha value is -1.63. The van der Waals surface area contributed by atoms with Crippen LogP contribution in [0.15, 0.2) is 0 Å². The third-order valence-electron chi connectivity index (χ3n) is 7.42. The van der Waals surface area contributed by atoms with Gasteiger partial charge >= 0.3 is 17.9 Å². The lowest BCUT2D eigenvalue weighted by molar-refractivity contribution is -0.172. The van der Waals surface area contributed by atoms with E-state index in [4.69, 9.17) is 18.9 Å². The molecule has 4 rings (SSSR count). The van der Waals surface area contributed by atoms with Crippen molar-refractivity contribution in [3.63, 3.8) is 0 Å². The van der Waals surface area contributed by atoms with Crippen LogP contribution in [0, 0.1) is 28.6 Å². The topological polar surface area (TPSA) is 88.1 Å². The molecule has 0 N–H and O–H groups in total. The molecule has 0 aromatic rings. The Morgan fingerprint density at radius 2 is 1.75 bits per heavy atom. The minimum atomic E-state index is -0.595. The van der Waals surface area contributed by atoms with E-state index in [9.17, 15) is 14.4 Å². The number of ether oxygens (including phenoxy) is 4. The Labute approximate surface area is 191 Å². The van der Waals surface area contributed by atoms with E-state index in [2.05, 4.69) is 20.8 Å². The summed E-state index contributed by atoms with van der Waals surface area (Å²) < 4.78 is 22.3. The van der Waals surface area contributed by atoms with Crippen molar-refractivity contribution in [2.45, 2.75) is 91.8 Å². The van der Waals surface area contributed by atoms with Gasteiger partial charge in [-0.25, -0.2) is 4.79 Å². The second kappa shape index (κ2) is 9.32. The molecule has 0 radical (unpaired) electrons. The Balaban J connectivity index is 1.42. The molecule has 7 heteroatoms. The molecular weight excluding hydrogens is 412 g/mol. The highest BCUT2D eigenvalue weighted by Crippen LogP contribution is 2.51. The zero-order valence-corrected chi connectivity index (χ0v) is 20.5. The zero-order valence-electron chi connectivity index (χ0n) is 20.5. The maximum absolute atomic E-state index is 12.7. The van der Waals surface area contributed by atoms with E-state index in [0.29, 0.717) is 25.2 Å². The largest absolute Gasteiger partial charge is 0.462 e. The third-order valence-corrected chi connectivity index (χ3v) is 7.42. The average Bonchev–Trinajstić information content (AvgIpc) is 2.83. The first-order chi connectivity index (χ1) is 14.8. The monoisotopic (exact) mass is 452 g/mol. The lowest BCUT2D eigenvalue weighted by Gasteiger charge is -2.45. The van der Waals surface area contributed by atoms with Crippen LogP contribution in [0.2, 0.25) is 0 Å². The summed E-state index contributed by atoms with van der Waals surface area (Å²) in [6.45, 7) is 12.2. The molecule has 2 aliphatic heterocycles. The van der Waals surface area contributed by atoms with Gasteiger partial charge in [0.15, 0.2) is 0 Å². The molecule has 7 nitrogen and oxygen atoms in total. The highest BCUT2D eigenvalue weighted by molar-refractivity contribution is 5.77. The standard InChI is InChI=1S/C25H40O7/c1-16(2)24(6,15-23(3,4)5)22(28)30-8-7-29-20(26)14-31-25-11-17-9-18(12-25)21(27)32-19(10-17)13-25/h16-19H,7-15H2,1-6H3. The van der Waals surface area contributed by atoms with E-state index in [1.54, 1.807) is 0 Å². The molecule has 32 heavy (non-hydrogen) atoms. The summed E-state index contributed by atoms with van der Waals surface area (Å²) in [6.07, 6.45) is 4.50. The van der Waals surface area contributed by atoms with Crippen molar-refractivity contribution in [1.29, 1.82) is 0 Å². The normalized spacial score (nSPS) is 31.1. The molecule has 2 saturated heterocycles. The minimum absolute atomic E-state index is 0.0000977. The highest BCUT2D eigenvalue weighted by atomic mass is 16.6. The number of carbonyl (C=O) groups is 3. The lowest BCUT2D eigenvalue weighted by Crippen LogP contribution is -2.47. The zero-order chi connectivity index (χ0) is 23.7. The fourth-order valence-corrected chi connectivity index (χ4v) is 5.87. The van der Waals surface area contributed by atoms with Crippen LogP contribution < -0.4 is 0 Å². The predicted molar refractivity (Wildman–Crippen MR) is 118 cm³/mol. The molecule has 5 unspecified atom stereocenters. The van der Waals surface area contributed by atoms with Gasteiger partial charge < -0.3 is 18.9 Å². The quantitative estimate of drug-likeness (QED) is 0.296. The number of fused-ring (bicyclic) bond motifs is 1. The van der Waals surface area contributed by atoms with Gasteiger partial charge in [0.2, 0.25) is 0 Å². The SMILES string of the molecule is CC(C)C(C)(CC(C)(C)C)C(=O)OCCOC(=O)COC12CC3CC(C1)OC(=O)C(C3)C2. The van der Waals surface area contributed by atoms with Gasteiger partial charge in [-0.2, -0.15) is 0 Å². The number of rotatable bonds is 9. The first-order valence-electron chi connectivity index (χ1n) is 12.0. The summed E-state index contributed by atoms with van der Waals surface area (Å²) in [6, 6.07) is 0. The van der Waals surface area contributed by atoms with Crippen molar-refractivity contribution < 1.29 is 33.3 Å². The first-order valence-corrected chi connectivity index (χ1v) is 12.0. The van der Waals surface area contributed by atoms with E-state index in [1.165, 1.54) is 0 Å². The van der Waals surface area contributed by atoms with Crippen molar-refractivity contribution in [1.82, 2.24) is 0 Å². The van der Waals surface area contributed by atoms with Gasteiger partial charge in [-0.05, 0) is 56.3 Å². The highest BCUT2D eigenvalue weighted by Gasteiger charge is 2.53. The van der Waals surface area contributed by atoms with Gasteiger partial charge in [0, 0.05) is 6.42 Å². The van der Waals surface area contributed by atoms with Crippen molar-refractivity contribution in [2.75, 3.05) is 19.8 Å². The van der Waals surface area contributed by atoms with E-state index >= 15 is 0 Å². The van der Waals surface area contributed by atoms with E-state index in [-0.39, 0.29) is 55.1 Å². The van der Waals surface area contributed by atoms with Crippen LogP contribution in [-0.4, -0.2) is 49.4 Å². The van der Waals surface area contributed by atoms with Crippen LogP contribution in [0.5, 0.6) is 0 Å². The molecule has 0 amide bonds. The summed E-state index contributed by atoms with van der Waals surface area (Å²) in [7, 11) is 0. The smallest absolute Gasteiger partial charge is 0.332 e. The van der Waals surface area contributed by atoms with E-state index in [0.717, 1.165) is 19.3 Å². The Morgan fingerprint density at radius 3 is 2.41 bits per heavy atom. The molecule has 4 aliphatic rings. The van der Waals surface area contributed by atoms with Crippen LogP contribution in [0.1, 0.15) is 80.1 Å². The molecule has 2 heterocycles. The van der Waals surface area contributed by atoms with Crippen molar-refractivity contribution in [3.8, 4) is 0 Å². The second-order valence-corrected chi connectivity index (χ2v) is 11.8. The lowest BCUT2D eigenvalue weighted by atomic mass is 9.65. The minimum Gasteiger partial charge on any atom is -0.462 e. The summed E-state index contributed by atoms with van der Waals surface area (Å²) in [5, 5.41) is 0. The molecule has 0 spiro atoms. The average molecular weight is 453 g/mol. The molecule has 182 valence electrons. The van der Waals surface area contributed by atoms with Crippen LogP contribution in [0.3, 0.4) is 0 Å². The van der Waals surface area contributed by atoms with Crippen LogP contribution in [0.4, 0.5) is 0 Å². The molecule has 0 aromatic heterocycles. The van der Waals surface area contributed by atoms with Gasteiger partial charge in [0.1, 0.15) is 25.9 Å². The van der Waals surface area contributed by atoms with Crippen molar-refractivity contribution in [2.24, 2.45) is 28.6 Å². The van der Waals surface area contributed by atoms with Crippen LogP contribution >= 0.6 is 0 Å². The first kappa shape index (κ1) is 25.0. The van der Waals surface area contributed by atoms with Gasteiger partial charge in [0.05, 0.1) is 16.9 Å². The van der Waals surface area contributed by atoms with Gasteiger partial charge in [0.25, 0.3) is 0 Å². The Morgan fingerprint density at radius 1 is 1.06 bits per heavy atom. The third kappa shape index (κ3) is 5.83. The number of carbonyl (C=O) groups excluding carboxylic acids is 3. The van der Waals surface area contributed by atoms with Crippen LogP contribution in [-0.2, 0) is 33.3 Å². The van der Waals surface area contributed by atoms with Gasteiger partial charge in [-0.3, -0.25) is 9.59 Å².